The van der Waals surface area contributed by atoms with Crippen LogP contribution < -0.4 is 14.2 Å². The molecule has 39 heavy (non-hydrogen) atoms. The molecule has 9 nitrogen and oxygen atoms in total. The fourth-order valence-corrected chi connectivity index (χ4v) is 3.44. The molecule has 0 atom stereocenters. The van der Waals surface area contributed by atoms with Gasteiger partial charge < -0.3 is 14.2 Å². The SMILES string of the molecule is [C-]#[N+]c1ccc(Oc2cc(Oc3ccc(C#N)c(C#N)c3)cc(Oc3ccc(C#N)c(C#N)c3)c2)cc1[N+]#[C-]. The van der Waals surface area contributed by atoms with Gasteiger partial charge in [-0.25, -0.2) is 4.85 Å². The van der Waals surface area contributed by atoms with E-state index in [2.05, 4.69) is 9.69 Å². The van der Waals surface area contributed by atoms with Crippen molar-refractivity contribution in [2.45, 2.75) is 0 Å². The minimum absolute atomic E-state index is 0.134. The van der Waals surface area contributed by atoms with Crippen LogP contribution in [0.5, 0.6) is 34.5 Å². The van der Waals surface area contributed by atoms with E-state index >= 15 is 0 Å². The first kappa shape index (κ1) is 25.3. The van der Waals surface area contributed by atoms with E-state index in [0.717, 1.165) is 0 Å². The molecule has 0 aliphatic carbocycles. The highest BCUT2D eigenvalue weighted by molar-refractivity contribution is 5.72. The van der Waals surface area contributed by atoms with Gasteiger partial charge in [-0.1, -0.05) is 6.07 Å². The molecule has 0 spiro atoms. The smallest absolute Gasteiger partial charge is 0.198 e. The number of ether oxygens (including phenoxy) is 3. The Labute approximate surface area is 223 Å². The van der Waals surface area contributed by atoms with Crippen molar-refractivity contribution in [2.24, 2.45) is 0 Å². The van der Waals surface area contributed by atoms with Crippen LogP contribution in [0.25, 0.3) is 9.69 Å². The van der Waals surface area contributed by atoms with Gasteiger partial charge in [0.25, 0.3) is 0 Å². The zero-order valence-corrected chi connectivity index (χ0v) is 19.8. The molecule has 4 aromatic rings. The first-order valence-electron chi connectivity index (χ1n) is 11.0. The summed E-state index contributed by atoms with van der Waals surface area (Å²) < 4.78 is 17.8. The molecule has 4 aromatic carbocycles. The van der Waals surface area contributed by atoms with E-state index in [1.165, 1.54) is 36.4 Å². The molecule has 0 heterocycles. The van der Waals surface area contributed by atoms with Gasteiger partial charge >= 0.3 is 0 Å². The standard InChI is InChI=1S/C30H12N6O3/c1-35-29-8-7-25(14-30(29)36-2)39-28-12-26(37-23-5-3-19(15-31)21(9-23)17-33)11-27(13-28)38-24-6-4-20(16-32)22(10-24)18-34/h3-14H. The van der Waals surface area contributed by atoms with E-state index in [9.17, 15) is 21.0 Å². The van der Waals surface area contributed by atoms with Crippen LogP contribution in [0.1, 0.15) is 22.3 Å². The highest BCUT2D eigenvalue weighted by atomic mass is 16.5. The minimum atomic E-state index is 0.134. The van der Waals surface area contributed by atoms with E-state index in [1.807, 2.05) is 24.3 Å². The predicted octanol–water partition coefficient (Wildman–Crippen LogP) is 7.65. The zero-order chi connectivity index (χ0) is 27.8. The Balaban J connectivity index is 1.74. The minimum Gasteiger partial charge on any atom is -0.459 e. The Kier molecular flexibility index (Phi) is 7.34. The topological polar surface area (TPSA) is 132 Å². The van der Waals surface area contributed by atoms with Gasteiger partial charge in [0.1, 0.15) is 58.8 Å². The molecule has 9 heteroatoms. The van der Waals surface area contributed by atoms with Gasteiger partial charge in [-0.05, 0) is 48.5 Å². The summed E-state index contributed by atoms with van der Waals surface area (Å²) in [5.41, 5.74) is 1.03. The van der Waals surface area contributed by atoms with Crippen molar-refractivity contribution in [3.63, 3.8) is 0 Å². The van der Waals surface area contributed by atoms with E-state index in [-0.39, 0.29) is 62.4 Å². The van der Waals surface area contributed by atoms with Crippen molar-refractivity contribution in [2.75, 3.05) is 0 Å². The number of nitrogens with zero attached hydrogens (tertiary/aromatic N) is 6. The molecule has 0 saturated heterocycles. The Morgan fingerprint density at radius 3 is 1.21 bits per heavy atom. The average Bonchev–Trinajstić information content (AvgIpc) is 2.96. The molecule has 0 amide bonds. The fraction of sp³-hybridized carbons (Fsp3) is 0. The van der Waals surface area contributed by atoms with E-state index in [1.54, 1.807) is 36.4 Å². The Morgan fingerprint density at radius 2 is 0.821 bits per heavy atom. The zero-order valence-electron chi connectivity index (χ0n) is 19.8. The van der Waals surface area contributed by atoms with Gasteiger partial charge in [0.05, 0.1) is 35.4 Å². The molecule has 0 N–H and O–H groups in total. The van der Waals surface area contributed by atoms with Crippen molar-refractivity contribution >= 4 is 11.4 Å². The third-order valence-corrected chi connectivity index (χ3v) is 5.21. The summed E-state index contributed by atoms with van der Waals surface area (Å²) in [6.07, 6.45) is 0. The second kappa shape index (κ2) is 11.3. The summed E-state index contributed by atoms with van der Waals surface area (Å²) in [7, 11) is 0. The van der Waals surface area contributed by atoms with E-state index in [4.69, 9.17) is 27.4 Å². The first-order valence-corrected chi connectivity index (χ1v) is 11.0. The molecule has 0 aromatic heterocycles. The Morgan fingerprint density at radius 1 is 0.436 bits per heavy atom. The summed E-state index contributed by atoms with van der Waals surface area (Å²) in [5, 5.41) is 37.0. The van der Waals surface area contributed by atoms with Crippen LogP contribution in [0.4, 0.5) is 11.4 Å². The van der Waals surface area contributed by atoms with Crippen molar-refractivity contribution in [1.82, 2.24) is 0 Å². The largest absolute Gasteiger partial charge is 0.459 e. The summed E-state index contributed by atoms with van der Waals surface area (Å²) in [5.74, 6) is 1.65. The molecule has 0 bridgehead atoms. The van der Waals surface area contributed by atoms with Crippen molar-refractivity contribution in [3.05, 3.63) is 118 Å². The number of nitriles is 4. The number of hydrogen-bond acceptors (Lipinski definition) is 7. The maximum Gasteiger partial charge on any atom is 0.198 e. The van der Waals surface area contributed by atoms with Gasteiger partial charge in [-0.2, -0.15) is 21.0 Å². The fourth-order valence-electron chi connectivity index (χ4n) is 3.44. The lowest BCUT2D eigenvalue weighted by molar-refractivity contribution is 0.440. The third-order valence-electron chi connectivity index (χ3n) is 5.21. The molecule has 0 unspecified atom stereocenters. The second-order valence-electron chi connectivity index (χ2n) is 7.68. The second-order valence-corrected chi connectivity index (χ2v) is 7.68. The molecule has 180 valence electrons. The number of benzene rings is 4. The molecule has 0 radical (unpaired) electrons. The highest BCUT2D eigenvalue weighted by Crippen LogP contribution is 2.38. The average molecular weight is 504 g/mol. The molecular formula is C30H12N6O3. The van der Waals surface area contributed by atoms with Gasteiger partial charge in [-0.15, -0.1) is 0 Å². The van der Waals surface area contributed by atoms with E-state index < -0.39 is 0 Å². The lowest BCUT2D eigenvalue weighted by atomic mass is 10.1. The number of hydrogen-bond donors (Lipinski definition) is 0. The normalized spacial score (nSPS) is 9.38. The molecule has 0 aliphatic rings. The van der Waals surface area contributed by atoms with E-state index in [0.29, 0.717) is 5.75 Å². The summed E-state index contributed by atoms with van der Waals surface area (Å²) in [6.45, 7) is 14.5. The monoisotopic (exact) mass is 504 g/mol. The maximum absolute atomic E-state index is 9.34. The number of rotatable bonds is 6. The van der Waals surface area contributed by atoms with Crippen molar-refractivity contribution < 1.29 is 14.2 Å². The van der Waals surface area contributed by atoms with Crippen LogP contribution in [0.15, 0.2) is 72.8 Å². The first-order chi connectivity index (χ1) is 19.0. The maximum atomic E-state index is 9.34. The van der Waals surface area contributed by atoms with Crippen LogP contribution in [-0.2, 0) is 0 Å². The van der Waals surface area contributed by atoms with Gasteiger partial charge in [0, 0.05) is 18.2 Å². The van der Waals surface area contributed by atoms with Crippen LogP contribution in [0.3, 0.4) is 0 Å². The molecule has 0 aliphatic heterocycles. The lowest BCUT2D eigenvalue weighted by Gasteiger charge is -2.14. The molecule has 4 rings (SSSR count). The third kappa shape index (κ3) is 5.73. The van der Waals surface area contributed by atoms with Crippen LogP contribution in [0, 0.1) is 58.5 Å². The Hall–Kier alpha value is -6.78. The Bertz CT molecular complexity index is 1640. The van der Waals surface area contributed by atoms with Gasteiger partial charge in [-0.3, -0.25) is 4.85 Å². The summed E-state index contributed by atoms with van der Waals surface area (Å²) >= 11 is 0. The highest BCUT2D eigenvalue weighted by Gasteiger charge is 2.12. The van der Waals surface area contributed by atoms with Gasteiger partial charge in [0.15, 0.2) is 11.4 Å². The molecule has 0 fully saturated rings. The lowest BCUT2D eigenvalue weighted by Crippen LogP contribution is -1.93. The predicted molar refractivity (Wildman–Crippen MR) is 137 cm³/mol. The quantitative estimate of drug-likeness (QED) is 0.246. The van der Waals surface area contributed by atoms with Gasteiger partial charge in [0.2, 0.25) is 0 Å². The van der Waals surface area contributed by atoms with Crippen molar-refractivity contribution in [3.8, 4) is 58.8 Å². The summed E-state index contributed by atoms with van der Waals surface area (Å²) in [4.78, 5) is 6.68. The van der Waals surface area contributed by atoms with Crippen LogP contribution >= 0.6 is 0 Å². The van der Waals surface area contributed by atoms with Crippen LogP contribution in [-0.4, -0.2) is 0 Å². The molecule has 0 saturated carbocycles. The van der Waals surface area contributed by atoms with Crippen molar-refractivity contribution in [1.29, 1.82) is 21.0 Å². The van der Waals surface area contributed by atoms with Crippen LogP contribution in [0.2, 0.25) is 0 Å². The molecular weight excluding hydrogens is 492 g/mol. The summed E-state index contributed by atoms with van der Waals surface area (Å²) in [6, 6.07) is 25.8.